The molecule has 1 aromatic rings. The van der Waals surface area contributed by atoms with Gasteiger partial charge in [-0.3, -0.25) is 0 Å². The number of hydrogen-bond donors (Lipinski definition) is 1. The van der Waals surface area contributed by atoms with Gasteiger partial charge in [-0.15, -0.1) is 0 Å². The number of fused-ring (bicyclic) bond motifs is 3. The maximum absolute atomic E-state index is 5.60. The normalized spacial score (nSPS) is 35.8. The van der Waals surface area contributed by atoms with Crippen molar-refractivity contribution in [2.45, 2.75) is 59.0 Å². The van der Waals surface area contributed by atoms with Crippen LogP contribution >= 0.6 is 0 Å². The van der Waals surface area contributed by atoms with Crippen LogP contribution < -0.4 is 10.1 Å². The largest absolute Gasteiger partial charge is 0.493 e. The van der Waals surface area contributed by atoms with Gasteiger partial charge in [0.15, 0.2) is 0 Å². The lowest BCUT2D eigenvalue weighted by molar-refractivity contribution is 0.108. The lowest BCUT2D eigenvalue weighted by Gasteiger charge is -2.43. The summed E-state index contributed by atoms with van der Waals surface area (Å²) in [6.07, 6.45) is 5.31. The second-order valence-electron chi connectivity index (χ2n) is 8.27. The summed E-state index contributed by atoms with van der Waals surface area (Å²) in [4.78, 5) is 0. The minimum Gasteiger partial charge on any atom is -0.493 e. The first kappa shape index (κ1) is 13.6. The first-order valence-electron chi connectivity index (χ1n) is 8.47. The molecule has 2 nitrogen and oxygen atoms in total. The molecule has 1 aliphatic heterocycles. The van der Waals surface area contributed by atoms with Crippen molar-refractivity contribution in [3.8, 4) is 5.75 Å². The summed E-state index contributed by atoms with van der Waals surface area (Å²) in [5.41, 5.74) is 3.73. The van der Waals surface area contributed by atoms with Crippen LogP contribution in [0.15, 0.2) is 18.2 Å². The van der Waals surface area contributed by atoms with E-state index in [1.807, 2.05) is 0 Å². The molecule has 2 saturated carbocycles. The SMILES string of the molecule is CC12CCC(C1)C(C)(C)C2NCc1ccc2c(c1)CCO2. The first-order chi connectivity index (χ1) is 9.99. The van der Waals surface area contributed by atoms with Crippen LogP contribution in [0.2, 0.25) is 0 Å². The predicted molar refractivity (Wildman–Crippen MR) is 85.5 cm³/mol. The fraction of sp³-hybridized carbons (Fsp3) is 0.684. The quantitative estimate of drug-likeness (QED) is 0.908. The molecule has 3 unspecified atom stereocenters. The van der Waals surface area contributed by atoms with Crippen molar-refractivity contribution in [1.29, 1.82) is 0 Å². The molecular weight excluding hydrogens is 258 g/mol. The molecule has 0 aromatic heterocycles. The average molecular weight is 285 g/mol. The molecule has 3 aliphatic rings. The Balaban J connectivity index is 1.49. The van der Waals surface area contributed by atoms with Crippen molar-refractivity contribution in [1.82, 2.24) is 5.32 Å². The molecule has 1 heterocycles. The zero-order valence-electron chi connectivity index (χ0n) is 13.5. The number of ether oxygens (including phenoxy) is 1. The van der Waals surface area contributed by atoms with Crippen LogP contribution in [0, 0.1) is 16.7 Å². The highest BCUT2D eigenvalue weighted by molar-refractivity contribution is 5.39. The van der Waals surface area contributed by atoms with Gasteiger partial charge < -0.3 is 10.1 Å². The number of hydrogen-bond acceptors (Lipinski definition) is 2. The number of benzene rings is 1. The third kappa shape index (κ3) is 2.03. The molecule has 2 fully saturated rings. The zero-order valence-corrected chi connectivity index (χ0v) is 13.5. The van der Waals surface area contributed by atoms with Crippen molar-refractivity contribution in [3.63, 3.8) is 0 Å². The van der Waals surface area contributed by atoms with Gasteiger partial charge in [0, 0.05) is 19.0 Å². The van der Waals surface area contributed by atoms with Crippen LogP contribution in [0.4, 0.5) is 0 Å². The van der Waals surface area contributed by atoms with E-state index < -0.39 is 0 Å². The van der Waals surface area contributed by atoms with Crippen LogP contribution in [-0.4, -0.2) is 12.6 Å². The van der Waals surface area contributed by atoms with Crippen LogP contribution in [0.5, 0.6) is 5.75 Å². The Kier molecular flexibility index (Phi) is 2.91. The van der Waals surface area contributed by atoms with Gasteiger partial charge in [-0.2, -0.15) is 0 Å². The molecule has 3 atom stereocenters. The summed E-state index contributed by atoms with van der Waals surface area (Å²) in [7, 11) is 0. The highest BCUT2D eigenvalue weighted by Crippen LogP contribution is 2.62. The number of nitrogens with one attached hydrogen (secondary N) is 1. The number of rotatable bonds is 3. The summed E-state index contributed by atoms with van der Waals surface area (Å²) >= 11 is 0. The van der Waals surface area contributed by atoms with E-state index in [0.717, 1.165) is 31.2 Å². The Morgan fingerprint density at radius 2 is 2.14 bits per heavy atom. The standard InChI is InChI=1S/C19H27NO/c1-18(2)15-6-8-19(3,11-15)17(18)20-12-13-4-5-16-14(10-13)7-9-21-16/h4-5,10,15,17,20H,6-9,11-12H2,1-3H3. The zero-order chi connectivity index (χ0) is 14.7. The van der Waals surface area contributed by atoms with Crippen LogP contribution in [0.25, 0.3) is 0 Å². The van der Waals surface area contributed by atoms with E-state index in [0.29, 0.717) is 16.9 Å². The summed E-state index contributed by atoms with van der Waals surface area (Å²) < 4.78 is 5.60. The van der Waals surface area contributed by atoms with Crippen molar-refractivity contribution < 1.29 is 4.74 Å². The minimum atomic E-state index is 0.437. The molecule has 2 bridgehead atoms. The van der Waals surface area contributed by atoms with Crippen molar-refractivity contribution in [3.05, 3.63) is 29.3 Å². The fourth-order valence-corrected chi connectivity index (χ4v) is 5.38. The van der Waals surface area contributed by atoms with Gasteiger partial charge >= 0.3 is 0 Å². The van der Waals surface area contributed by atoms with E-state index in [4.69, 9.17) is 4.74 Å². The Morgan fingerprint density at radius 1 is 1.29 bits per heavy atom. The van der Waals surface area contributed by atoms with Crippen molar-refractivity contribution in [2.75, 3.05) is 6.61 Å². The lowest BCUT2D eigenvalue weighted by Crippen LogP contribution is -2.49. The maximum Gasteiger partial charge on any atom is 0.122 e. The topological polar surface area (TPSA) is 21.3 Å². The average Bonchev–Trinajstić information content (AvgIpc) is 3.08. The van der Waals surface area contributed by atoms with Crippen LogP contribution in [0.1, 0.15) is 51.2 Å². The van der Waals surface area contributed by atoms with Gasteiger partial charge in [-0.1, -0.05) is 32.9 Å². The Labute approximate surface area is 128 Å². The molecule has 2 aliphatic carbocycles. The predicted octanol–water partition coefficient (Wildman–Crippen LogP) is 3.93. The van der Waals surface area contributed by atoms with Crippen LogP contribution in [0.3, 0.4) is 0 Å². The lowest BCUT2D eigenvalue weighted by atomic mass is 9.68. The molecule has 114 valence electrons. The second kappa shape index (κ2) is 4.49. The van der Waals surface area contributed by atoms with Gasteiger partial charge in [0.05, 0.1) is 6.61 Å². The summed E-state index contributed by atoms with van der Waals surface area (Å²) in [5, 5.41) is 3.91. The van der Waals surface area contributed by atoms with E-state index in [-0.39, 0.29) is 0 Å². The van der Waals surface area contributed by atoms with Gasteiger partial charge in [-0.25, -0.2) is 0 Å². The van der Waals surface area contributed by atoms with E-state index in [9.17, 15) is 0 Å². The molecule has 1 N–H and O–H groups in total. The van der Waals surface area contributed by atoms with Crippen molar-refractivity contribution >= 4 is 0 Å². The molecule has 0 radical (unpaired) electrons. The molecule has 4 rings (SSSR count). The molecule has 1 aromatic carbocycles. The Hall–Kier alpha value is -1.02. The molecule has 21 heavy (non-hydrogen) atoms. The van der Waals surface area contributed by atoms with Gasteiger partial charge in [0.1, 0.15) is 5.75 Å². The van der Waals surface area contributed by atoms with Gasteiger partial charge in [0.2, 0.25) is 0 Å². The third-order valence-corrected chi connectivity index (χ3v) is 6.53. The second-order valence-corrected chi connectivity index (χ2v) is 8.27. The first-order valence-corrected chi connectivity index (χ1v) is 8.47. The van der Waals surface area contributed by atoms with Gasteiger partial charge in [-0.05, 0) is 53.2 Å². The summed E-state index contributed by atoms with van der Waals surface area (Å²) in [6.45, 7) is 9.27. The van der Waals surface area contributed by atoms with Gasteiger partial charge in [0.25, 0.3) is 0 Å². The highest BCUT2D eigenvalue weighted by atomic mass is 16.5. The van der Waals surface area contributed by atoms with E-state index in [2.05, 4.69) is 44.3 Å². The Bertz CT molecular complexity index is 560. The minimum absolute atomic E-state index is 0.437. The molecule has 2 heteroatoms. The van der Waals surface area contributed by atoms with E-state index in [1.165, 1.54) is 30.4 Å². The molecule has 0 amide bonds. The Morgan fingerprint density at radius 3 is 2.90 bits per heavy atom. The third-order valence-electron chi connectivity index (χ3n) is 6.53. The monoisotopic (exact) mass is 285 g/mol. The molecular formula is C19H27NO. The van der Waals surface area contributed by atoms with E-state index >= 15 is 0 Å². The summed E-state index contributed by atoms with van der Waals surface area (Å²) in [6, 6.07) is 7.35. The maximum atomic E-state index is 5.60. The highest BCUT2D eigenvalue weighted by Gasteiger charge is 2.58. The fourth-order valence-electron chi connectivity index (χ4n) is 5.38. The smallest absolute Gasteiger partial charge is 0.122 e. The summed E-state index contributed by atoms with van der Waals surface area (Å²) in [5.74, 6) is 2.00. The van der Waals surface area contributed by atoms with Crippen molar-refractivity contribution in [2.24, 2.45) is 16.7 Å². The molecule has 0 saturated heterocycles. The van der Waals surface area contributed by atoms with E-state index in [1.54, 1.807) is 0 Å². The van der Waals surface area contributed by atoms with Crippen LogP contribution in [-0.2, 0) is 13.0 Å². The molecule has 0 spiro atoms.